The molecular weight excluding hydrogens is 286 g/mol. The van der Waals surface area contributed by atoms with E-state index < -0.39 is 12.0 Å². The van der Waals surface area contributed by atoms with Gasteiger partial charge in [-0.15, -0.1) is 0 Å². The van der Waals surface area contributed by atoms with Crippen molar-refractivity contribution in [2.45, 2.75) is 25.8 Å². The molecule has 5 heteroatoms. The second-order valence-electron chi connectivity index (χ2n) is 3.72. The summed E-state index contributed by atoms with van der Waals surface area (Å²) in [7, 11) is 0. The van der Waals surface area contributed by atoms with Gasteiger partial charge in [-0.3, -0.25) is 9.59 Å². The fraction of sp³-hybridized carbons (Fsp3) is 0.333. The Labute approximate surface area is 108 Å². The highest BCUT2D eigenvalue weighted by atomic mass is 79.9. The maximum atomic E-state index is 11.5. The zero-order valence-corrected chi connectivity index (χ0v) is 11.0. The summed E-state index contributed by atoms with van der Waals surface area (Å²) in [5, 5.41) is 11.1. The van der Waals surface area contributed by atoms with Gasteiger partial charge in [-0.25, -0.2) is 0 Å². The highest BCUT2D eigenvalue weighted by molar-refractivity contribution is 9.10. The van der Waals surface area contributed by atoms with Crippen molar-refractivity contribution < 1.29 is 14.7 Å². The lowest BCUT2D eigenvalue weighted by molar-refractivity contribution is -0.141. The second-order valence-corrected chi connectivity index (χ2v) is 4.57. The molecule has 0 saturated heterocycles. The van der Waals surface area contributed by atoms with Crippen LogP contribution in [0.1, 0.15) is 18.9 Å². The molecule has 17 heavy (non-hydrogen) atoms. The quantitative estimate of drug-likeness (QED) is 0.873. The summed E-state index contributed by atoms with van der Waals surface area (Å²) in [4.78, 5) is 22.0. The van der Waals surface area contributed by atoms with Gasteiger partial charge in [0.2, 0.25) is 5.91 Å². The van der Waals surface area contributed by atoms with Crippen molar-refractivity contribution in [3.63, 3.8) is 0 Å². The van der Waals surface area contributed by atoms with Crippen LogP contribution >= 0.6 is 15.9 Å². The van der Waals surface area contributed by atoms with E-state index in [4.69, 9.17) is 5.11 Å². The first-order valence-corrected chi connectivity index (χ1v) is 6.05. The number of nitrogens with one attached hydrogen (secondary N) is 1. The number of aliphatic carboxylic acids is 1. The van der Waals surface area contributed by atoms with Crippen molar-refractivity contribution in [2.24, 2.45) is 0 Å². The van der Waals surface area contributed by atoms with Gasteiger partial charge in [0.1, 0.15) is 6.04 Å². The monoisotopic (exact) mass is 299 g/mol. The van der Waals surface area contributed by atoms with Gasteiger partial charge in [0.25, 0.3) is 0 Å². The largest absolute Gasteiger partial charge is 0.480 e. The van der Waals surface area contributed by atoms with Gasteiger partial charge in [0.05, 0.1) is 0 Å². The predicted octanol–water partition coefficient (Wildman–Crippen LogP) is 1.97. The molecule has 0 aliphatic rings. The van der Waals surface area contributed by atoms with Crippen LogP contribution in [0, 0.1) is 0 Å². The van der Waals surface area contributed by atoms with Gasteiger partial charge < -0.3 is 10.4 Å². The van der Waals surface area contributed by atoms with Crippen molar-refractivity contribution in [3.05, 3.63) is 34.3 Å². The summed E-state index contributed by atoms with van der Waals surface area (Å²) in [5.41, 5.74) is 1.03. The topological polar surface area (TPSA) is 66.4 Å². The maximum Gasteiger partial charge on any atom is 0.325 e. The Kier molecular flexibility index (Phi) is 5.15. The van der Waals surface area contributed by atoms with Crippen LogP contribution in [0.25, 0.3) is 0 Å². The summed E-state index contributed by atoms with van der Waals surface area (Å²) in [5.74, 6) is -1.28. The minimum Gasteiger partial charge on any atom is -0.480 e. The summed E-state index contributed by atoms with van der Waals surface area (Å²) >= 11 is 3.39. The third-order valence-corrected chi connectivity index (χ3v) is 3.10. The van der Waals surface area contributed by atoms with Crippen LogP contribution in [0.2, 0.25) is 0 Å². The number of carbonyl (C=O) groups is 2. The number of hydrogen-bond acceptors (Lipinski definition) is 2. The molecule has 1 amide bonds. The normalized spacial score (nSPS) is 11.9. The van der Waals surface area contributed by atoms with E-state index in [1.54, 1.807) is 0 Å². The van der Waals surface area contributed by atoms with E-state index in [2.05, 4.69) is 21.2 Å². The minimum absolute atomic E-state index is 0.254. The van der Waals surface area contributed by atoms with Crippen LogP contribution in [-0.4, -0.2) is 23.0 Å². The number of benzene rings is 1. The Morgan fingerprint density at radius 2 is 2.06 bits per heavy atom. The van der Waals surface area contributed by atoms with Crippen LogP contribution in [0.3, 0.4) is 0 Å². The molecule has 0 spiro atoms. The summed E-state index contributed by atoms with van der Waals surface area (Å²) in [6.07, 6.45) is 0.861. The molecule has 1 rings (SSSR count). The van der Waals surface area contributed by atoms with Crippen LogP contribution in [-0.2, 0) is 16.0 Å². The zero-order valence-electron chi connectivity index (χ0n) is 9.44. The average Bonchev–Trinajstić information content (AvgIpc) is 2.27. The molecule has 2 N–H and O–H groups in total. The molecule has 0 saturated carbocycles. The predicted molar refractivity (Wildman–Crippen MR) is 67.7 cm³/mol. The maximum absolute atomic E-state index is 11.5. The molecule has 1 atom stereocenters. The number of halogens is 1. The van der Waals surface area contributed by atoms with Crippen LogP contribution in [0.5, 0.6) is 0 Å². The lowest BCUT2D eigenvalue weighted by Crippen LogP contribution is -2.38. The first-order chi connectivity index (χ1) is 8.00. The van der Waals surface area contributed by atoms with Gasteiger partial charge in [-0.1, -0.05) is 34.1 Å². The molecule has 0 radical (unpaired) electrons. The number of carbonyl (C=O) groups excluding carboxylic acids is 1. The van der Waals surface area contributed by atoms with Crippen LogP contribution in [0.15, 0.2) is 28.7 Å². The van der Waals surface area contributed by atoms with Gasteiger partial charge in [-0.05, 0) is 25.0 Å². The highest BCUT2D eigenvalue weighted by Gasteiger charge is 2.13. The molecule has 0 bridgehead atoms. The van der Waals surface area contributed by atoms with E-state index in [0.29, 0.717) is 6.42 Å². The fourth-order valence-corrected chi connectivity index (χ4v) is 1.81. The average molecular weight is 300 g/mol. The molecule has 0 heterocycles. The van der Waals surface area contributed by atoms with E-state index >= 15 is 0 Å². The molecule has 0 aromatic heterocycles. The fourth-order valence-electron chi connectivity index (χ4n) is 1.32. The van der Waals surface area contributed by atoms with Gasteiger partial charge in [0, 0.05) is 10.9 Å². The van der Waals surface area contributed by atoms with Gasteiger partial charge in [-0.2, -0.15) is 0 Å². The zero-order chi connectivity index (χ0) is 12.8. The third kappa shape index (κ3) is 4.56. The van der Waals surface area contributed by atoms with E-state index in [0.717, 1.165) is 10.0 Å². The van der Waals surface area contributed by atoms with Crippen molar-refractivity contribution in [1.29, 1.82) is 0 Å². The van der Waals surface area contributed by atoms with E-state index in [1.165, 1.54) is 6.92 Å². The highest BCUT2D eigenvalue weighted by Crippen LogP contribution is 2.17. The Hall–Kier alpha value is -1.36. The summed E-state index contributed by atoms with van der Waals surface area (Å²) < 4.78 is 0.957. The minimum atomic E-state index is -1.03. The van der Waals surface area contributed by atoms with E-state index in [9.17, 15) is 9.59 Å². The lowest BCUT2D eigenvalue weighted by atomic mass is 10.1. The number of aryl methyl sites for hydroxylation is 1. The molecule has 0 fully saturated rings. The van der Waals surface area contributed by atoms with E-state index in [-0.39, 0.29) is 12.3 Å². The summed E-state index contributed by atoms with van der Waals surface area (Å²) in [6, 6.07) is 6.80. The number of amides is 1. The van der Waals surface area contributed by atoms with Crippen LogP contribution < -0.4 is 5.32 Å². The standard InChI is InChI=1S/C12H14BrNO3/c1-8(12(16)17)14-11(15)7-6-9-4-2-3-5-10(9)13/h2-5,8H,6-7H2,1H3,(H,14,15)(H,16,17)/t8-/m0/s1. The SMILES string of the molecule is C[C@H](NC(=O)CCc1ccccc1Br)C(=O)O. The van der Waals surface area contributed by atoms with Gasteiger partial charge >= 0.3 is 5.97 Å². The van der Waals surface area contributed by atoms with Gasteiger partial charge in [0.15, 0.2) is 0 Å². The first-order valence-electron chi connectivity index (χ1n) is 5.26. The molecular formula is C12H14BrNO3. The van der Waals surface area contributed by atoms with Crippen molar-refractivity contribution in [3.8, 4) is 0 Å². The molecule has 1 aromatic carbocycles. The second kappa shape index (κ2) is 6.39. The number of rotatable bonds is 5. The molecule has 0 aliphatic carbocycles. The Morgan fingerprint density at radius 3 is 2.65 bits per heavy atom. The lowest BCUT2D eigenvalue weighted by Gasteiger charge is -2.09. The molecule has 0 unspecified atom stereocenters. The molecule has 1 aromatic rings. The van der Waals surface area contributed by atoms with E-state index in [1.807, 2.05) is 24.3 Å². The Bertz CT molecular complexity index is 420. The Morgan fingerprint density at radius 1 is 1.41 bits per heavy atom. The molecule has 0 aliphatic heterocycles. The third-order valence-electron chi connectivity index (χ3n) is 2.33. The van der Waals surface area contributed by atoms with Crippen molar-refractivity contribution in [1.82, 2.24) is 5.32 Å². The van der Waals surface area contributed by atoms with Crippen molar-refractivity contribution in [2.75, 3.05) is 0 Å². The van der Waals surface area contributed by atoms with Crippen LogP contribution in [0.4, 0.5) is 0 Å². The molecule has 92 valence electrons. The Balaban J connectivity index is 2.44. The smallest absolute Gasteiger partial charge is 0.325 e. The number of hydrogen-bond donors (Lipinski definition) is 2. The van der Waals surface area contributed by atoms with Crippen molar-refractivity contribution >= 4 is 27.8 Å². The number of carboxylic acid groups (broad SMARTS) is 1. The first kappa shape index (κ1) is 13.7. The summed E-state index contributed by atoms with van der Waals surface area (Å²) in [6.45, 7) is 1.44. The molecule has 4 nitrogen and oxygen atoms in total. The number of carboxylic acids is 1.